The molecular formula is C54H67NO7. The Labute approximate surface area is 369 Å². The van der Waals surface area contributed by atoms with Gasteiger partial charge in [-0.2, -0.15) is 0 Å². The molecule has 330 valence electrons. The van der Waals surface area contributed by atoms with E-state index in [2.05, 4.69) is 90.2 Å². The smallest absolute Gasteiger partial charge is 0.306 e. The summed E-state index contributed by atoms with van der Waals surface area (Å²) in [6.45, 7) is 4.21. The zero-order valence-corrected chi connectivity index (χ0v) is 36.9. The van der Waals surface area contributed by atoms with Crippen LogP contribution in [0.2, 0.25) is 0 Å². The fourth-order valence-electron chi connectivity index (χ4n) is 9.10. The molecule has 1 N–H and O–H groups in total. The van der Waals surface area contributed by atoms with Crippen LogP contribution in [-0.4, -0.2) is 54.9 Å². The molecule has 0 bridgehead atoms. The van der Waals surface area contributed by atoms with Crippen molar-refractivity contribution in [3.05, 3.63) is 132 Å². The lowest BCUT2D eigenvalue weighted by molar-refractivity contribution is -0.370. The highest BCUT2D eigenvalue weighted by atomic mass is 16.8. The van der Waals surface area contributed by atoms with Crippen LogP contribution >= 0.6 is 0 Å². The van der Waals surface area contributed by atoms with Gasteiger partial charge in [0.25, 0.3) is 0 Å². The summed E-state index contributed by atoms with van der Waals surface area (Å²) in [5, 5.41) is 8.49. The number of nitrogens with one attached hydrogen (secondary N) is 1. The molecule has 8 heteroatoms. The van der Waals surface area contributed by atoms with E-state index in [1.165, 1.54) is 32.7 Å². The molecule has 2 aliphatic heterocycles. The minimum Gasteiger partial charge on any atom is -0.457 e. The molecule has 0 aliphatic carbocycles. The van der Waals surface area contributed by atoms with Gasteiger partial charge >= 0.3 is 5.97 Å². The lowest BCUT2D eigenvalue weighted by Gasteiger charge is -2.50. The topological polar surface area (TPSA) is 92.3 Å². The fourth-order valence-corrected chi connectivity index (χ4v) is 9.10. The van der Waals surface area contributed by atoms with Gasteiger partial charge in [-0.15, -0.1) is 0 Å². The number of rotatable bonds is 23. The number of carbonyl (C=O) groups is 2. The highest BCUT2D eigenvalue weighted by Gasteiger charge is 2.54. The maximum atomic E-state index is 13.7. The Morgan fingerprint density at radius 1 is 0.629 bits per heavy atom. The van der Waals surface area contributed by atoms with Gasteiger partial charge in [0.15, 0.2) is 18.2 Å². The molecule has 8 nitrogen and oxygen atoms in total. The molecule has 0 aromatic heterocycles. The van der Waals surface area contributed by atoms with Crippen LogP contribution in [0.1, 0.15) is 120 Å². The molecule has 62 heavy (non-hydrogen) atoms. The van der Waals surface area contributed by atoms with Crippen molar-refractivity contribution in [2.75, 3.05) is 6.61 Å². The predicted molar refractivity (Wildman–Crippen MR) is 247 cm³/mol. The molecule has 5 aromatic rings. The first-order valence-corrected chi connectivity index (χ1v) is 23.4. The van der Waals surface area contributed by atoms with Gasteiger partial charge in [0.1, 0.15) is 18.2 Å². The average Bonchev–Trinajstić information content (AvgIpc) is 3.28. The summed E-state index contributed by atoms with van der Waals surface area (Å²) in [7, 11) is 0. The molecule has 2 fully saturated rings. The summed E-state index contributed by atoms with van der Waals surface area (Å²) >= 11 is 0. The number of amides is 1. The number of hydrogen-bond acceptors (Lipinski definition) is 7. The van der Waals surface area contributed by atoms with Crippen molar-refractivity contribution in [2.24, 2.45) is 0 Å². The maximum Gasteiger partial charge on any atom is 0.306 e. The van der Waals surface area contributed by atoms with Gasteiger partial charge in [-0.3, -0.25) is 9.59 Å². The molecule has 2 heterocycles. The first kappa shape index (κ1) is 45.4. The summed E-state index contributed by atoms with van der Waals surface area (Å²) < 4.78 is 31.6. The second-order valence-electron chi connectivity index (χ2n) is 17.7. The van der Waals surface area contributed by atoms with E-state index in [1.54, 1.807) is 0 Å². The number of ether oxygens (including phenoxy) is 5. The summed E-state index contributed by atoms with van der Waals surface area (Å²) in [5.41, 5.74) is 3.80. The third-order valence-electron chi connectivity index (χ3n) is 12.5. The number of aryl methyl sites for hydroxylation is 2. The number of carbonyl (C=O) groups excluding carboxylic acids is 2. The molecule has 0 radical (unpaired) electrons. The largest absolute Gasteiger partial charge is 0.457 e. The maximum absolute atomic E-state index is 13.7. The van der Waals surface area contributed by atoms with Gasteiger partial charge in [0.2, 0.25) is 5.91 Å². The van der Waals surface area contributed by atoms with Crippen LogP contribution in [-0.2, 0) is 52.7 Å². The van der Waals surface area contributed by atoms with Crippen molar-refractivity contribution in [1.82, 2.24) is 5.32 Å². The van der Waals surface area contributed by atoms with Gasteiger partial charge in [-0.05, 0) is 90.6 Å². The second-order valence-corrected chi connectivity index (χ2v) is 17.7. The molecule has 0 unspecified atom stereocenters. The lowest BCUT2D eigenvalue weighted by atomic mass is 9.94. The Kier molecular flexibility index (Phi) is 17.0. The van der Waals surface area contributed by atoms with E-state index in [1.807, 2.05) is 44.2 Å². The normalized spacial score (nSPS) is 20.8. The Balaban J connectivity index is 0.888. The van der Waals surface area contributed by atoms with Crippen LogP contribution in [0.25, 0.3) is 21.5 Å². The lowest BCUT2D eigenvalue weighted by Crippen LogP contribution is -2.69. The molecule has 0 saturated carbocycles. The molecule has 2 aliphatic rings. The van der Waals surface area contributed by atoms with Crippen molar-refractivity contribution >= 4 is 33.4 Å². The number of benzene rings is 5. The van der Waals surface area contributed by atoms with Gasteiger partial charge in [-0.1, -0.05) is 167 Å². The van der Waals surface area contributed by atoms with E-state index >= 15 is 0 Å². The molecule has 5 aromatic carbocycles. The average molecular weight is 842 g/mol. The highest BCUT2D eigenvalue weighted by molar-refractivity contribution is 5.86. The Morgan fingerprint density at radius 2 is 1.16 bits per heavy atom. The van der Waals surface area contributed by atoms with Crippen LogP contribution in [0.15, 0.2) is 115 Å². The van der Waals surface area contributed by atoms with Gasteiger partial charge in [-0.25, -0.2) is 0 Å². The first-order valence-electron chi connectivity index (χ1n) is 23.4. The number of esters is 1. The zero-order valence-electron chi connectivity index (χ0n) is 36.9. The van der Waals surface area contributed by atoms with Crippen LogP contribution in [0.4, 0.5) is 0 Å². The number of hydrogen-bond donors (Lipinski definition) is 1. The van der Waals surface area contributed by atoms with Crippen molar-refractivity contribution in [3.8, 4) is 0 Å². The minimum atomic E-state index is -0.913. The predicted octanol–water partition coefficient (Wildman–Crippen LogP) is 11.7. The van der Waals surface area contributed by atoms with Crippen LogP contribution in [0.3, 0.4) is 0 Å². The third-order valence-corrected chi connectivity index (χ3v) is 12.5. The Morgan fingerprint density at radius 3 is 1.79 bits per heavy atom. The zero-order chi connectivity index (χ0) is 43.0. The standard InChI is InChI=1S/C54H67NO7/c1-54(2)59-39-47-51(62-54)52(61-49(57)37-17-10-6-4-8-15-27-42-31-23-33-44-29-19-21-35-46(42)44)50(53(60-47)58-38-40-24-12-11-13-25-40)55-48(56)36-16-9-5-3-7-14-26-41-30-22-32-43-28-18-20-34-45(41)43/h11-13,18-25,28-35,47,50-53H,3-10,14-17,26-27,36-39H2,1-2H3,(H,55,56)/t47-,50-,51-,52-,53-/m1/s1. The van der Waals surface area contributed by atoms with E-state index in [0.29, 0.717) is 12.8 Å². The van der Waals surface area contributed by atoms with Crippen molar-refractivity contribution < 1.29 is 33.3 Å². The molecule has 0 spiro atoms. The quantitative estimate of drug-likeness (QED) is 0.0517. The molecular weight excluding hydrogens is 775 g/mol. The van der Waals surface area contributed by atoms with E-state index in [-0.39, 0.29) is 25.1 Å². The molecule has 1 amide bonds. The van der Waals surface area contributed by atoms with Crippen molar-refractivity contribution in [2.45, 2.75) is 160 Å². The monoisotopic (exact) mass is 841 g/mol. The molecule has 7 rings (SSSR count). The van der Waals surface area contributed by atoms with Gasteiger partial charge in [0, 0.05) is 12.8 Å². The number of fused-ring (bicyclic) bond motifs is 3. The third kappa shape index (κ3) is 13.2. The fraction of sp³-hybridized carbons (Fsp3) is 0.481. The van der Waals surface area contributed by atoms with Crippen molar-refractivity contribution in [3.63, 3.8) is 0 Å². The molecule has 5 atom stereocenters. The van der Waals surface area contributed by atoms with Gasteiger partial charge < -0.3 is 29.0 Å². The molecule has 2 saturated heterocycles. The summed E-state index contributed by atoms with van der Waals surface area (Å²) in [6, 6.07) is 39.4. The summed E-state index contributed by atoms with van der Waals surface area (Å²) in [6.07, 6.45) is 12.4. The van der Waals surface area contributed by atoms with Crippen LogP contribution in [0, 0.1) is 0 Å². The van der Waals surface area contributed by atoms with E-state index in [4.69, 9.17) is 23.7 Å². The van der Waals surface area contributed by atoms with Crippen molar-refractivity contribution in [1.29, 1.82) is 0 Å². The van der Waals surface area contributed by atoms with Gasteiger partial charge in [0.05, 0.1) is 13.2 Å². The summed E-state index contributed by atoms with van der Waals surface area (Å²) in [4.78, 5) is 27.3. The SMILES string of the molecule is CC1(C)OC[C@H]2O[C@@H](OCc3ccccc3)[C@H](NC(=O)CCCCCCCCc3cccc4ccccc34)[C@@H](OC(=O)CCCCCCCCc3cccc4ccccc34)[C@@H]2O1. The van der Waals surface area contributed by atoms with Crippen LogP contribution < -0.4 is 5.32 Å². The second kappa shape index (κ2) is 23.2. The van der Waals surface area contributed by atoms with E-state index in [0.717, 1.165) is 95.5 Å². The minimum absolute atomic E-state index is 0.117. The van der Waals surface area contributed by atoms with E-state index < -0.39 is 36.4 Å². The van der Waals surface area contributed by atoms with E-state index in [9.17, 15) is 9.59 Å². The number of unbranched alkanes of at least 4 members (excludes halogenated alkanes) is 10. The highest BCUT2D eigenvalue weighted by Crippen LogP contribution is 2.35. The first-order chi connectivity index (χ1) is 30.3. The Bertz CT molecular complexity index is 2140. The van der Waals surface area contributed by atoms with Crippen LogP contribution in [0.5, 0.6) is 0 Å². The summed E-state index contributed by atoms with van der Waals surface area (Å²) in [5.74, 6) is -1.33. The Hall–Kier alpha value is -4.60.